The number of carbonyl (C=O) groups is 1. The van der Waals surface area contributed by atoms with Crippen molar-refractivity contribution in [3.63, 3.8) is 0 Å². The third-order valence-corrected chi connectivity index (χ3v) is 1.22. The van der Waals surface area contributed by atoms with Gasteiger partial charge in [-0.15, -0.1) is 0 Å². The van der Waals surface area contributed by atoms with Crippen LogP contribution in [0.5, 0.6) is 0 Å². The van der Waals surface area contributed by atoms with E-state index in [9.17, 15) is 4.79 Å². The molecule has 0 radical (unpaired) electrons. The Kier molecular flexibility index (Phi) is 6.12. The molecule has 0 aromatic carbocycles. The fraction of sp³-hybridized carbons (Fsp3) is 0.667. The molecule has 1 N–H and O–H groups in total. The lowest BCUT2D eigenvalue weighted by Gasteiger charge is -2.01. The van der Waals surface area contributed by atoms with Gasteiger partial charge in [0.1, 0.15) is 0 Å². The molecule has 0 saturated heterocycles. The largest absolute Gasteiger partial charge is 0.345 e. The molecule has 0 heterocycles. The highest BCUT2D eigenvalue weighted by atomic mass is 16.1. The molecule has 0 atom stereocenters. The lowest BCUT2D eigenvalue weighted by atomic mass is 10.4. The van der Waals surface area contributed by atoms with Crippen molar-refractivity contribution in [1.82, 2.24) is 10.2 Å². The van der Waals surface area contributed by atoms with Crippen LogP contribution in [0.15, 0.2) is 0 Å². The Labute approximate surface area is 74.1 Å². The van der Waals surface area contributed by atoms with E-state index in [1.165, 1.54) is 0 Å². The summed E-state index contributed by atoms with van der Waals surface area (Å²) in [7, 11) is 3.92. The Bertz CT molecular complexity index is 188. The molecular weight excluding hydrogens is 152 g/mol. The number of nitrogens with zero attached hydrogens (tertiary/aromatic N) is 1. The molecule has 0 aliphatic carbocycles. The van der Waals surface area contributed by atoms with Gasteiger partial charge in [0.25, 0.3) is 0 Å². The van der Waals surface area contributed by atoms with Crippen LogP contribution in [0.25, 0.3) is 0 Å². The minimum atomic E-state index is 0.0501. The van der Waals surface area contributed by atoms with E-state index < -0.39 is 0 Å². The summed E-state index contributed by atoms with van der Waals surface area (Å²) >= 11 is 0. The summed E-state index contributed by atoms with van der Waals surface area (Å²) in [4.78, 5) is 12.7. The van der Waals surface area contributed by atoms with Gasteiger partial charge in [0.15, 0.2) is 0 Å². The van der Waals surface area contributed by atoms with Crippen LogP contribution in [0.2, 0.25) is 0 Å². The Morgan fingerprint density at radius 2 is 2.08 bits per heavy atom. The van der Waals surface area contributed by atoms with Crippen LogP contribution in [0.1, 0.15) is 13.3 Å². The Hall–Kier alpha value is -1.01. The standard InChI is InChI=1S/C9H16N2O/c1-4-9(12)10-7-5-6-8-11(2)3/h4,7-8H2,1-3H3,(H,10,12). The van der Waals surface area contributed by atoms with Gasteiger partial charge in [0.05, 0.1) is 13.1 Å². The van der Waals surface area contributed by atoms with E-state index in [1.54, 1.807) is 0 Å². The number of nitrogens with one attached hydrogen (secondary N) is 1. The summed E-state index contributed by atoms with van der Waals surface area (Å²) in [5.74, 6) is 5.83. The number of amides is 1. The van der Waals surface area contributed by atoms with Crippen LogP contribution in [0.4, 0.5) is 0 Å². The SMILES string of the molecule is CCC(=O)NCC#CCN(C)C. The highest BCUT2D eigenvalue weighted by molar-refractivity contribution is 5.75. The molecule has 0 aliphatic heterocycles. The monoisotopic (exact) mass is 168 g/mol. The normalized spacial score (nSPS) is 9.00. The average Bonchev–Trinajstić information content (AvgIpc) is 2.03. The van der Waals surface area contributed by atoms with Crippen molar-refractivity contribution in [2.45, 2.75) is 13.3 Å². The molecule has 0 spiro atoms. The number of hydrogen-bond donors (Lipinski definition) is 1. The minimum Gasteiger partial charge on any atom is -0.345 e. The van der Waals surface area contributed by atoms with E-state index in [0.717, 1.165) is 6.54 Å². The third-order valence-electron chi connectivity index (χ3n) is 1.22. The lowest BCUT2D eigenvalue weighted by molar-refractivity contribution is -0.120. The van der Waals surface area contributed by atoms with Crippen molar-refractivity contribution < 1.29 is 4.79 Å². The van der Waals surface area contributed by atoms with Crippen LogP contribution in [-0.4, -0.2) is 38.0 Å². The average molecular weight is 168 g/mol. The van der Waals surface area contributed by atoms with E-state index in [0.29, 0.717) is 13.0 Å². The molecule has 1 amide bonds. The zero-order chi connectivity index (χ0) is 9.40. The maximum Gasteiger partial charge on any atom is 0.220 e. The molecule has 12 heavy (non-hydrogen) atoms. The van der Waals surface area contributed by atoms with Crippen molar-refractivity contribution in [1.29, 1.82) is 0 Å². The smallest absolute Gasteiger partial charge is 0.220 e. The highest BCUT2D eigenvalue weighted by Gasteiger charge is 1.90. The van der Waals surface area contributed by atoms with Gasteiger partial charge in [-0.25, -0.2) is 0 Å². The first-order valence-corrected chi connectivity index (χ1v) is 4.04. The van der Waals surface area contributed by atoms with Crippen molar-refractivity contribution in [2.75, 3.05) is 27.2 Å². The molecule has 3 nitrogen and oxygen atoms in total. The van der Waals surface area contributed by atoms with Gasteiger partial charge < -0.3 is 5.32 Å². The van der Waals surface area contributed by atoms with Gasteiger partial charge in [-0.1, -0.05) is 18.8 Å². The molecule has 0 aliphatic rings. The minimum absolute atomic E-state index is 0.0501. The first kappa shape index (κ1) is 11.0. The van der Waals surface area contributed by atoms with Crippen molar-refractivity contribution in [2.24, 2.45) is 0 Å². The fourth-order valence-electron chi connectivity index (χ4n) is 0.544. The summed E-state index contributed by atoms with van der Waals surface area (Å²) in [6.07, 6.45) is 0.523. The molecule has 3 heteroatoms. The van der Waals surface area contributed by atoms with Gasteiger partial charge in [0, 0.05) is 6.42 Å². The molecule has 0 aromatic rings. The molecule has 0 unspecified atom stereocenters. The second kappa shape index (κ2) is 6.68. The van der Waals surface area contributed by atoms with E-state index in [2.05, 4.69) is 17.2 Å². The third kappa shape index (κ3) is 7.10. The Morgan fingerprint density at radius 1 is 1.42 bits per heavy atom. The number of rotatable bonds is 3. The second-order valence-electron chi connectivity index (χ2n) is 2.72. The molecule has 0 rings (SSSR count). The summed E-state index contributed by atoms with van der Waals surface area (Å²) in [5.41, 5.74) is 0. The Balaban J connectivity index is 3.39. The Morgan fingerprint density at radius 3 is 2.58 bits per heavy atom. The summed E-state index contributed by atoms with van der Waals surface area (Å²) in [6.45, 7) is 3.02. The maximum absolute atomic E-state index is 10.7. The van der Waals surface area contributed by atoms with Crippen LogP contribution >= 0.6 is 0 Å². The molecule has 68 valence electrons. The van der Waals surface area contributed by atoms with Gasteiger partial charge in [0.2, 0.25) is 5.91 Å². The highest BCUT2D eigenvalue weighted by Crippen LogP contribution is 1.73. The zero-order valence-electron chi connectivity index (χ0n) is 7.98. The second-order valence-corrected chi connectivity index (χ2v) is 2.72. The van der Waals surface area contributed by atoms with Crippen molar-refractivity contribution >= 4 is 5.91 Å². The molecule has 0 bridgehead atoms. The van der Waals surface area contributed by atoms with Crippen LogP contribution < -0.4 is 5.32 Å². The lowest BCUT2D eigenvalue weighted by Crippen LogP contribution is -2.22. The summed E-state index contributed by atoms with van der Waals surface area (Å²) in [5, 5.41) is 2.67. The topological polar surface area (TPSA) is 32.3 Å². The first-order chi connectivity index (χ1) is 5.66. The maximum atomic E-state index is 10.7. The van der Waals surface area contributed by atoms with Crippen LogP contribution in [0.3, 0.4) is 0 Å². The number of hydrogen-bond acceptors (Lipinski definition) is 2. The van der Waals surface area contributed by atoms with Crippen molar-refractivity contribution in [3.8, 4) is 11.8 Å². The molecule has 0 fully saturated rings. The quantitative estimate of drug-likeness (QED) is 0.605. The van der Waals surface area contributed by atoms with Gasteiger partial charge in [-0.05, 0) is 14.1 Å². The summed E-state index contributed by atoms with van der Waals surface area (Å²) in [6, 6.07) is 0. The van der Waals surface area contributed by atoms with Crippen molar-refractivity contribution in [3.05, 3.63) is 0 Å². The fourth-order valence-corrected chi connectivity index (χ4v) is 0.544. The zero-order valence-corrected chi connectivity index (χ0v) is 7.98. The van der Waals surface area contributed by atoms with Crippen LogP contribution in [0, 0.1) is 11.8 Å². The molecular formula is C9H16N2O. The first-order valence-electron chi connectivity index (χ1n) is 4.04. The summed E-state index contributed by atoms with van der Waals surface area (Å²) < 4.78 is 0. The predicted octanol–water partition coefficient (Wildman–Crippen LogP) is 0.0776. The molecule has 0 aromatic heterocycles. The number of carbonyl (C=O) groups excluding carboxylic acids is 1. The van der Waals surface area contributed by atoms with Gasteiger partial charge in [-0.2, -0.15) is 0 Å². The predicted molar refractivity (Wildman–Crippen MR) is 49.6 cm³/mol. The van der Waals surface area contributed by atoms with Gasteiger partial charge in [-0.3, -0.25) is 9.69 Å². The van der Waals surface area contributed by atoms with E-state index in [4.69, 9.17) is 0 Å². The molecule has 0 saturated carbocycles. The van der Waals surface area contributed by atoms with E-state index in [-0.39, 0.29) is 5.91 Å². The van der Waals surface area contributed by atoms with Crippen LogP contribution in [-0.2, 0) is 4.79 Å². The van der Waals surface area contributed by atoms with E-state index in [1.807, 2.05) is 25.9 Å². The van der Waals surface area contributed by atoms with Gasteiger partial charge >= 0.3 is 0 Å². The van der Waals surface area contributed by atoms with E-state index >= 15 is 0 Å².